The topological polar surface area (TPSA) is 53.0 Å². The molecule has 0 aliphatic rings. The highest BCUT2D eigenvalue weighted by Gasteiger charge is 2.04. The van der Waals surface area contributed by atoms with Crippen molar-refractivity contribution >= 4 is 29.3 Å². The zero-order chi connectivity index (χ0) is 10.6. The number of benzene rings is 1. The second-order valence-electron chi connectivity index (χ2n) is 2.86. The summed E-state index contributed by atoms with van der Waals surface area (Å²) in [7, 11) is 0. The van der Waals surface area contributed by atoms with E-state index >= 15 is 0 Å². The van der Waals surface area contributed by atoms with Crippen LogP contribution in [0.1, 0.15) is 12.5 Å². The molecule has 0 radical (unpaired) electrons. The Kier molecular flexibility index (Phi) is 3.65. The third kappa shape index (κ3) is 2.57. The maximum atomic E-state index is 10.2. The lowest BCUT2D eigenvalue weighted by Gasteiger charge is -2.09. The first-order chi connectivity index (χ1) is 6.65. The molecule has 1 aromatic carbocycles. The van der Waals surface area contributed by atoms with Crippen molar-refractivity contribution in [1.82, 2.24) is 0 Å². The summed E-state index contributed by atoms with van der Waals surface area (Å²) >= 11 is 5.80. The molecule has 1 aromatic rings. The number of rotatable bonds is 4. The molecule has 0 atom stereocenters. The summed E-state index contributed by atoms with van der Waals surface area (Å²) in [4.78, 5) is 10.2. The Labute approximate surface area is 87.6 Å². The Hall–Kier alpha value is -1.35. The van der Waals surface area contributed by atoms with Gasteiger partial charge < -0.3 is 15.5 Å². The Balaban J connectivity index is 3.01. The van der Waals surface area contributed by atoms with Crippen LogP contribution in [-0.2, 0) is 4.79 Å². The van der Waals surface area contributed by atoms with E-state index in [0.717, 1.165) is 17.5 Å². The number of hydrogen-bond acceptors (Lipinski definition) is 3. The molecule has 4 heteroatoms. The number of nitrogens with one attached hydrogen (secondary N) is 2. The third-order valence-electron chi connectivity index (χ3n) is 1.76. The molecule has 0 aromatic heterocycles. The van der Waals surface area contributed by atoms with Gasteiger partial charge in [0.05, 0.1) is 6.54 Å². The van der Waals surface area contributed by atoms with Crippen LogP contribution in [-0.4, -0.2) is 18.5 Å². The number of carbonyl (C=O) groups is 1. The van der Waals surface area contributed by atoms with Gasteiger partial charge >= 0.3 is 0 Å². The van der Waals surface area contributed by atoms with Crippen LogP contribution in [0.2, 0.25) is 5.02 Å². The Bertz CT molecular complexity index is 363. The minimum Gasteiger partial charge on any atom is -0.378 e. The second kappa shape index (κ2) is 4.77. The van der Waals surface area contributed by atoms with Crippen molar-refractivity contribution in [3.8, 4) is 0 Å². The average Bonchev–Trinajstić information content (AvgIpc) is 2.15. The number of carbonyl (C=O) groups excluding carboxylic acids is 1. The molecule has 0 fully saturated rings. The molecule has 0 saturated carbocycles. The van der Waals surface area contributed by atoms with Gasteiger partial charge in [0.15, 0.2) is 0 Å². The minimum atomic E-state index is 0.238. The maximum absolute atomic E-state index is 10.2. The highest BCUT2D eigenvalue weighted by Crippen LogP contribution is 2.20. The monoisotopic (exact) mass is 210 g/mol. The predicted molar refractivity (Wildman–Crippen MR) is 58.5 cm³/mol. The molecule has 1 rings (SSSR count). The molecular formula is C10H11ClN2O. The lowest BCUT2D eigenvalue weighted by molar-refractivity contribution is -0.106. The zero-order valence-electron chi connectivity index (χ0n) is 7.80. The molecule has 0 heterocycles. The summed E-state index contributed by atoms with van der Waals surface area (Å²) in [6, 6.07) is 5.19. The van der Waals surface area contributed by atoms with Crippen LogP contribution in [0.3, 0.4) is 0 Å². The van der Waals surface area contributed by atoms with Gasteiger partial charge in [0.25, 0.3) is 0 Å². The molecular weight excluding hydrogens is 200 g/mol. The minimum absolute atomic E-state index is 0.238. The van der Waals surface area contributed by atoms with E-state index in [0.29, 0.717) is 10.7 Å². The standard InChI is InChI=1S/C10H11ClN2O/c1-7(12)9-6-8(11)2-3-10(9)13-4-5-14/h2-3,5-6,12-13H,4H2,1H3. The van der Waals surface area contributed by atoms with E-state index < -0.39 is 0 Å². The first kappa shape index (κ1) is 10.7. The predicted octanol–water partition coefficient (Wildman–Crippen LogP) is 2.34. The molecule has 0 spiro atoms. The van der Waals surface area contributed by atoms with E-state index in [2.05, 4.69) is 5.32 Å². The Morgan fingerprint density at radius 3 is 2.93 bits per heavy atom. The summed E-state index contributed by atoms with van der Waals surface area (Å²) in [6.45, 7) is 1.92. The van der Waals surface area contributed by atoms with Gasteiger partial charge in [-0.1, -0.05) is 11.6 Å². The molecule has 74 valence electrons. The van der Waals surface area contributed by atoms with E-state index in [1.165, 1.54) is 0 Å². The van der Waals surface area contributed by atoms with Crippen LogP contribution >= 0.6 is 11.6 Å². The lowest BCUT2D eigenvalue weighted by atomic mass is 10.1. The first-order valence-electron chi connectivity index (χ1n) is 4.17. The summed E-state index contributed by atoms with van der Waals surface area (Å²) in [5, 5.41) is 11.0. The van der Waals surface area contributed by atoms with E-state index in [9.17, 15) is 4.79 Å². The molecule has 0 unspecified atom stereocenters. The quantitative estimate of drug-likeness (QED) is 0.592. The van der Waals surface area contributed by atoms with Gasteiger partial charge in [-0.3, -0.25) is 0 Å². The SMILES string of the molecule is CC(=N)c1cc(Cl)ccc1NCC=O. The number of halogens is 1. The highest BCUT2D eigenvalue weighted by molar-refractivity contribution is 6.31. The first-order valence-corrected chi connectivity index (χ1v) is 4.55. The number of anilines is 1. The van der Waals surface area contributed by atoms with Gasteiger partial charge in [-0.2, -0.15) is 0 Å². The van der Waals surface area contributed by atoms with Gasteiger partial charge in [0, 0.05) is 22.0 Å². The second-order valence-corrected chi connectivity index (χ2v) is 3.30. The van der Waals surface area contributed by atoms with Crippen LogP contribution < -0.4 is 5.32 Å². The number of hydrogen-bond donors (Lipinski definition) is 2. The third-order valence-corrected chi connectivity index (χ3v) is 2.00. The van der Waals surface area contributed by atoms with Crippen LogP contribution in [0.15, 0.2) is 18.2 Å². The highest BCUT2D eigenvalue weighted by atomic mass is 35.5. The fourth-order valence-electron chi connectivity index (χ4n) is 1.13. The largest absolute Gasteiger partial charge is 0.378 e. The normalized spacial score (nSPS) is 9.57. The van der Waals surface area contributed by atoms with Crippen LogP contribution in [0.5, 0.6) is 0 Å². The molecule has 0 aliphatic heterocycles. The molecule has 0 bridgehead atoms. The van der Waals surface area contributed by atoms with Crippen molar-refractivity contribution < 1.29 is 4.79 Å². The van der Waals surface area contributed by atoms with Crippen molar-refractivity contribution in [3.63, 3.8) is 0 Å². The van der Waals surface area contributed by atoms with Crippen molar-refractivity contribution in [2.24, 2.45) is 0 Å². The Morgan fingerprint density at radius 2 is 2.36 bits per heavy atom. The summed E-state index contributed by atoms with van der Waals surface area (Å²) < 4.78 is 0. The Morgan fingerprint density at radius 1 is 1.64 bits per heavy atom. The molecule has 0 saturated heterocycles. The van der Waals surface area contributed by atoms with Crippen LogP contribution in [0, 0.1) is 5.41 Å². The summed E-state index contributed by atoms with van der Waals surface area (Å²) in [6.07, 6.45) is 0.775. The van der Waals surface area contributed by atoms with Crippen molar-refractivity contribution in [2.75, 3.05) is 11.9 Å². The van der Waals surface area contributed by atoms with Crippen LogP contribution in [0.25, 0.3) is 0 Å². The van der Waals surface area contributed by atoms with E-state index in [1.54, 1.807) is 25.1 Å². The van der Waals surface area contributed by atoms with E-state index in [4.69, 9.17) is 17.0 Å². The lowest BCUT2D eigenvalue weighted by Crippen LogP contribution is -2.06. The van der Waals surface area contributed by atoms with Crippen molar-refractivity contribution in [3.05, 3.63) is 28.8 Å². The molecule has 2 N–H and O–H groups in total. The zero-order valence-corrected chi connectivity index (χ0v) is 8.56. The van der Waals surface area contributed by atoms with Gasteiger partial charge in [-0.25, -0.2) is 0 Å². The smallest absolute Gasteiger partial charge is 0.139 e. The van der Waals surface area contributed by atoms with Crippen LogP contribution in [0.4, 0.5) is 5.69 Å². The van der Waals surface area contributed by atoms with Gasteiger partial charge in [0.1, 0.15) is 6.29 Å². The fourth-order valence-corrected chi connectivity index (χ4v) is 1.30. The average molecular weight is 211 g/mol. The van der Waals surface area contributed by atoms with E-state index in [1.807, 2.05) is 0 Å². The fraction of sp³-hybridized carbons (Fsp3) is 0.200. The molecule has 3 nitrogen and oxygen atoms in total. The molecule has 0 amide bonds. The molecule has 0 aliphatic carbocycles. The van der Waals surface area contributed by atoms with Crippen molar-refractivity contribution in [2.45, 2.75) is 6.92 Å². The van der Waals surface area contributed by atoms with Gasteiger partial charge in [0.2, 0.25) is 0 Å². The molecule has 14 heavy (non-hydrogen) atoms. The van der Waals surface area contributed by atoms with Gasteiger partial charge in [-0.05, 0) is 25.1 Å². The number of aldehydes is 1. The maximum Gasteiger partial charge on any atom is 0.139 e. The van der Waals surface area contributed by atoms with E-state index in [-0.39, 0.29) is 6.54 Å². The van der Waals surface area contributed by atoms with Gasteiger partial charge in [-0.15, -0.1) is 0 Å². The summed E-state index contributed by atoms with van der Waals surface area (Å²) in [5.41, 5.74) is 1.90. The summed E-state index contributed by atoms with van der Waals surface area (Å²) in [5.74, 6) is 0. The van der Waals surface area contributed by atoms with Crippen molar-refractivity contribution in [1.29, 1.82) is 5.41 Å².